The monoisotopic (exact) mass is 344 g/mol. The van der Waals surface area contributed by atoms with Gasteiger partial charge in [0.05, 0.1) is 11.4 Å². The van der Waals surface area contributed by atoms with Crippen LogP contribution in [-0.4, -0.2) is 24.3 Å². The van der Waals surface area contributed by atoms with Crippen molar-refractivity contribution in [3.05, 3.63) is 64.7 Å². The number of nitrogens with one attached hydrogen (secondary N) is 1. The molecule has 2 aromatic carbocycles. The average molecular weight is 345 g/mol. The number of rotatable bonds is 5. The molecule has 0 unspecified atom stereocenters. The number of halogens is 1. The summed E-state index contributed by atoms with van der Waals surface area (Å²) in [5.41, 5.74) is 2.62. The lowest BCUT2D eigenvalue weighted by molar-refractivity contribution is -0.140. The van der Waals surface area contributed by atoms with Crippen molar-refractivity contribution in [3.8, 4) is 0 Å². The van der Waals surface area contributed by atoms with Crippen LogP contribution in [0, 0.1) is 0 Å². The van der Waals surface area contributed by atoms with Crippen molar-refractivity contribution in [2.75, 3.05) is 12.0 Å². The first kappa shape index (κ1) is 17.7. The Hall–Kier alpha value is -2.66. The number of esters is 1. The van der Waals surface area contributed by atoms with Crippen LogP contribution in [0.15, 0.2) is 53.5 Å². The van der Waals surface area contributed by atoms with Gasteiger partial charge in [-0.1, -0.05) is 41.9 Å². The molecule has 0 aliphatic rings. The van der Waals surface area contributed by atoms with Crippen LogP contribution in [0.5, 0.6) is 0 Å². The second kappa shape index (κ2) is 8.26. The molecule has 124 valence electrons. The SMILES string of the molecule is CC(=O)Nc1ccc(Cl)cc1C(=NCOC(C)=O)c1ccccc1. The summed E-state index contributed by atoms with van der Waals surface area (Å²) in [4.78, 5) is 26.8. The van der Waals surface area contributed by atoms with Crippen LogP contribution in [0.2, 0.25) is 5.02 Å². The topological polar surface area (TPSA) is 67.8 Å². The van der Waals surface area contributed by atoms with Gasteiger partial charge < -0.3 is 10.1 Å². The summed E-state index contributed by atoms with van der Waals surface area (Å²) in [6, 6.07) is 14.5. The van der Waals surface area contributed by atoms with E-state index in [1.807, 2.05) is 30.3 Å². The Balaban J connectivity index is 2.52. The fraction of sp³-hybridized carbons (Fsp3) is 0.167. The third kappa shape index (κ3) is 4.93. The van der Waals surface area contributed by atoms with E-state index in [1.165, 1.54) is 13.8 Å². The number of aliphatic imine (C=N–C) groups is 1. The molecule has 0 fully saturated rings. The minimum atomic E-state index is -0.417. The second-order valence-corrected chi connectivity index (χ2v) is 5.45. The van der Waals surface area contributed by atoms with Gasteiger partial charge in [-0.3, -0.25) is 9.59 Å². The van der Waals surface area contributed by atoms with Gasteiger partial charge in [-0.2, -0.15) is 0 Å². The van der Waals surface area contributed by atoms with E-state index in [0.717, 1.165) is 5.56 Å². The van der Waals surface area contributed by atoms with Gasteiger partial charge in [0, 0.05) is 30.0 Å². The highest BCUT2D eigenvalue weighted by atomic mass is 35.5. The van der Waals surface area contributed by atoms with Crippen LogP contribution in [0.25, 0.3) is 0 Å². The molecule has 6 heteroatoms. The number of carbonyl (C=O) groups excluding carboxylic acids is 2. The number of carbonyl (C=O) groups is 2. The zero-order chi connectivity index (χ0) is 17.5. The molecule has 0 spiro atoms. The lowest BCUT2D eigenvalue weighted by Gasteiger charge is -2.14. The minimum Gasteiger partial charge on any atom is -0.443 e. The Morgan fingerprint density at radius 2 is 1.83 bits per heavy atom. The molecule has 0 aromatic heterocycles. The van der Waals surface area contributed by atoms with Gasteiger partial charge in [0.25, 0.3) is 0 Å². The van der Waals surface area contributed by atoms with Crippen LogP contribution in [-0.2, 0) is 14.3 Å². The van der Waals surface area contributed by atoms with Gasteiger partial charge in [-0.05, 0) is 18.2 Å². The number of ether oxygens (including phenoxy) is 1. The highest BCUT2D eigenvalue weighted by Gasteiger charge is 2.13. The fourth-order valence-electron chi connectivity index (χ4n) is 2.13. The van der Waals surface area contributed by atoms with E-state index < -0.39 is 5.97 Å². The van der Waals surface area contributed by atoms with Crippen molar-refractivity contribution in [3.63, 3.8) is 0 Å². The molecule has 0 saturated carbocycles. The standard InChI is InChI=1S/C18H17ClN2O3/c1-12(22)21-17-9-8-15(19)10-16(17)18(20-11-24-13(2)23)14-6-4-3-5-7-14/h3-10H,11H2,1-2H3,(H,21,22). The Labute approximate surface area is 145 Å². The van der Waals surface area contributed by atoms with Crippen molar-refractivity contribution >= 4 is 34.9 Å². The number of hydrogen-bond acceptors (Lipinski definition) is 4. The third-order valence-corrected chi connectivity index (χ3v) is 3.32. The smallest absolute Gasteiger partial charge is 0.304 e. The van der Waals surface area contributed by atoms with Crippen LogP contribution in [0.3, 0.4) is 0 Å². The maximum Gasteiger partial charge on any atom is 0.304 e. The van der Waals surface area contributed by atoms with Gasteiger partial charge >= 0.3 is 5.97 Å². The molecule has 0 aliphatic carbocycles. The van der Waals surface area contributed by atoms with Crippen LogP contribution in [0.1, 0.15) is 25.0 Å². The first-order chi connectivity index (χ1) is 11.5. The summed E-state index contributed by atoms with van der Waals surface area (Å²) >= 11 is 6.12. The van der Waals surface area contributed by atoms with E-state index in [4.69, 9.17) is 16.3 Å². The lowest BCUT2D eigenvalue weighted by atomic mass is 10.0. The molecule has 0 aliphatic heterocycles. The number of anilines is 1. The molecule has 1 N–H and O–H groups in total. The molecular formula is C18H17ClN2O3. The first-order valence-electron chi connectivity index (χ1n) is 7.28. The lowest BCUT2D eigenvalue weighted by Crippen LogP contribution is -2.13. The van der Waals surface area contributed by atoms with E-state index >= 15 is 0 Å². The van der Waals surface area contributed by atoms with E-state index in [1.54, 1.807) is 18.2 Å². The predicted molar refractivity (Wildman–Crippen MR) is 94.5 cm³/mol. The molecule has 0 bridgehead atoms. The largest absolute Gasteiger partial charge is 0.443 e. The summed E-state index contributed by atoms with van der Waals surface area (Å²) in [5, 5.41) is 3.27. The van der Waals surface area contributed by atoms with Gasteiger partial charge in [0.15, 0.2) is 6.73 Å². The van der Waals surface area contributed by atoms with Crippen LogP contribution in [0.4, 0.5) is 5.69 Å². The number of hydrogen-bond donors (Lipinski definition) is 1. The molecular weight excluding hydrogens is 328 g/mol. The Bertz CT molecular complexity index is 773. The number of benzene rings is 2. The summed E-state index contributed by atoms with van der Waals surface area (Å²) in [5.74, 6) is -0.620. The predicted octanol–water partition coefficient (Wildman–Crippen LogP) is 3.66. The van der Waals surface area contributed by atoms with Crippen molar-refractivity contribution in [2.45, 2.75) is 13.8 Å². The molecule has 2 rings (SSSR count). The first-order valence-corrected chi connectivity index (χ1v) is 7.66. The van der Waals surface area contributed by atoms with Gasteiger partial charge in [-0.15, -0.1) is 0 Å². The highest BCUT2D eigenvalue weighted by molar-refractivity contribution is 6.31. The summed E-state index contributed by atoms with van der Waals surface area (Å²) in [7, 11) is 0. The molecule has 0 saturated heterocycles. The van der Waals surface area contributed by atoms with Crippen molar-refractivity contribution in [2.24, 2.45) is 4.99 Å². The number of nitrogens with zero attached hydrogens (tertiary/aromatic N) is 1. The third-order valence-electron chi connectivity index (χ3n) is 3.09. The Kier molecular flexibility index (Phi) is 6.09. The van der Waals surface area contributed by atoms with Crippen LogP contribution >= 0.6 is 11.6 Å². The zero-order valence-corrected chi connectivity index (χ0v) is 14.1. The van der Waals surface area contributed by atoms with E-state index in [2.05, 4.69) is 10.3 Å². The molecule has 2 aromatic rings. The van der Waals surface area contributed by atoms with Crippen molar-refractivity contribution in [1.82, 2.24) is 0 Å². The summed E-state index contributed by atoms with van der Waals surface area (Å²) in [6.45, 7) is 2.63. The average Bonchev–Trinajstić information content (AvgIpc) is 2.54. The molecule has 0 atom stereocenters. The minimum absolute atomic E-state index is 0.119. The van der Waals surface area contributed by atoms with Crippen molar-refractivity contribution in [1.29, 1.82) is 0 Å². The number of amides is 1. The normalized spacial score (nSPS) is 11.0. The maximum atomic E-state index is 11.5. The van der Waals surface area contributed by atoms with E-state index in [-0.39, 0.29) is 12.6 Å². The Morgan fingerprint density at radius 1 is 1.12 bits per heavy atom. The molecule has 0 heterocycles. The Morgan fingerprint density at radius 3 is 2.46 bits per heavy atom. The zero-order valence-electron chi connectivity index (χ0n) is 13.4. The molecule has 1 amide bonds. The maximum absolute atomic E-state index is 11.5. The molecule has 24 heavy (non-hydrogen) atoms. The van der Waals surface area contributed by atoms with Crippen molar-refractivity contribution < 1.29 is 14.3 Å². The van der Waals surface area contributed by atoms with Gasteiger partial charge in [-0.25, -0.2) is 4.99 Å². The molecule has 5 nitrogen and oxygen atoms in total. The fourth-order valence-corrected chi connectivity index (χ4v) is 2.30. The summed E-state index contributed by atoms with van der Waals surface area (Å²) in [6.07, 6.45) is 0. The van der Waals surface area contributed by atoms with Gasteiger partial charge in [0.2, 0.25) is 5.91 Å². The quantitative estimate of drug-likeness (QED) is 0.665. The summed E-state index contributed by atoms with van der Waals surface area (Å²) < 4.78 is 4.92. The van der Waals surface area contributed by atoms with Crippen LogP contribution < -0.4 is 5.32 Å². The second-order valence-electron chi connectivity index (χ2n) is 5.01. The van der Waals surface area contributed by atoms with Gasteiger partial charge in [0.1, 0.15) is 0 Å². The van der Waals surface area contributed by atoms with E-state index in [9.17, 15) is 9.59 Å². The highest BCUT2D eigenvalue weighted by Crippen LogP contribution is 2.24. The van der Waals surface area contributed by atoms with E-state index in [0.29, 0.717) is 22.0 Å². The molecule has 0 radical (unpaired) electrons.